The molecular weight excluding hydrogens is 390 g/mol. The van der Waals surface area contributed by atoms with Gasteiger partial charge in [0.2, 0.25) is 5.43 Å². The molecule has 4 rings (SSSR count). The highest BCUT2D eigenvalue weighted by atomic mass is 16.2. The van der Waals surface area contributed by atoms with E-state index in [4.69, 9.17) is 0 Å². The molecule has 3 aromatic heterocycles. The first-order chi connectivity index (χ1) is 14.9. The van der Waals surface area contributed by atoms with Gasteiger partial charge in [0.1, 0.15) is 17.0 Å². The number of hydrogen-bond acceptors (Lipinski definition) is 4. The summed E-state index contributed by atoms with van der Waals surface area (Å²) in [4.78, 5) is 37.1. The maximum absolute atomic E-state index is 13.2. The maximum Gasteiger partial charge on any atom is 0.259 e. The summed E-state index contributed by atoms with van der Waals surface area (Å²) in [5, 5.41) is 0.509. The molecule has 0 radical (unpaired) electrons. The normalized spacial score (nSPS) is 15.2. The lowest BCUT2D eigenvalue weighted by molar-refractivity contribution is 0.0680. The van der Waals surface area contributed by atoms with Gasteiger partial charge in [-0.05, 0) is 44.7 Å². The van der Waals surface area contributed by atoms with Gasteiger partial charge in [-0.2, -0.15) is 0 Å². The van der Waals surface area contributed by atoms with E-state index in [1.54, 1.807) is 12.3 Å². The number of fused-ring (bicyclic) bond motifs is 1. The van der Waals surface area contributed by atoms with Crippen molar-refractivity contribution in [1.82, 2.24) is 24.0 Å². The van der Waals surface area contributed by atoms with Gasteiger partial charge in [0.15, 0.2) is 0 Å². The summed E-state index contributed by atoms with van der Waals surface area (Å²) in [5.41, 5.74) is 1.52. The number of aryl methyl sites for hydroxylation is 2. The van der Waals surface area contributed by atoms with Crippen molar-refractivity contribution in [3.05, 3.63) is 58.0 Å². The second kappa shape index (κ2) is 8.65. The van der Waals surface area contributed by atoms with E-state index in [-0.39, 0.29) is 16.9 Å². The third-order valence-corrected chi connectivity index (χ3v) is 6.25. The Morgan fingerprint density at radius 1 is 1.19 bits per heavy atom. The van der Waals surface area contributed by atoms with Crippen LogP contribution >= 0.6 is 0 Å². The van der Waals surface area contributed by atoms with Crippen LogP contribution in [0.4, 0.5) is 0 Å². The number of likely N-dealkylation sites (tertiary alicyclic amines) is 1. The first-order valence-electron chi connectivity index (χ1n) is 11.2. The first-order valence-corrected chi connectivity index (χ1v) is 11.2. The maximum atomic E-state index is 13.2. The molecule has 0 aliphatic carbocycles. The Kier molecular flexibility index (Phi) is 5.94. The Labute approximate surface area is 182 Å². The summed E-state index contributed by atoms with van der Waals surface area (Å²) >= 11 is 0. The van der Waals surface area contributed by atoms with Crippen molar-refractivity contribution in [3.63, 3.8) is 0 Å². The molecule has 4 heterocycles. The molecule has 0 aromatic carbocycles. The van der Waals surface area contributed by atoms with Crippen molar-refractivity contribution in [1.29, 1.82) is 0 Å². The molecule has 0 bridgehead atoms. The van der Waals surface area contributed by atoms with Crippen molar-refractivity contribution in [2.24, 2.45) is 5.92 Å². The molecule has 164 valence electrons. The van der Waals surface area contributed by atoms with Crippen LogP contribution in [0.1, 0.15) is 61.4 Å². The van der Waals surface area contributed by atoms with Crippen molar-refractivity contribution < 1.29 is 4.79 Å². The minimum atomic E-state index is -0.223. The van der Waals surface area contributed by atoms with Gasteiger partial charge in [0.05, 0.1) is 5.39 Å². The van der Waals surface area contributed by atoms with Crippen LogP contribution in [0, 0.1) is 12.8 Å². The Balaban J connectivity index is 1.51. The predicted octanol–water partition coefficient (Wildman–Crippen LogP) is 3.60. The minimum absolute atomic E-state index is 0.168. The van der Waals surface area contributed by atoms with E-state index in [2.05, 4.69) is 28.4 Å². The Morgan fingerprint density at radius 2 is 1.94 bits per heavy atom. The third kappa shape index (κ3) is 4.13. The number of carbonyl (C=O) groups is 1. The number of aromatic nitrogens is 4. The number of imidazole rings is 1. The van der Waals surface area contributed by atoms with Crippen LogP contribution < -0.4 is 5.43 Å². The lowest BCUT2D eigenvalue weighted by Crippen LogP contribution is -2.41. The van der Waals surface area contributed by atoms with Gasteiger partial charge in [0, 0.05) is 56.4 Å². The second-order valence-corrected chi connectivity index (χ2v) is 8.81. The average Bonchev–Trinajstić information content (AvgIpc) is 3.22. The zero-order chi connectivity index (χ0) is 22.1. The molecule has 7 nitrogen and oxygen atoms in total. The highest BCUT2D eigenvalue weighted by Crippen LogP contribution is 2.23. The molecule has 31 heavy (non-hydrogen) atoms. The molecule has 0 spiro atoms. The quantitative estimate of drug-likeness (QED) is 0.631. The summed E-state index contributed by atoms with van der Waals surface area (Å²) in [7, 11) is 0. The summed E-state index contributed by atoms with van der Waals surface area (Å²) in [6, 6.07) is 3.61. The van der Waals surface area contributed by atoms with E-state index < -0.39 is 0 Å². The van der Waals surface area contributed by atoms with E-state index in [1.807, 2.05) is 41.8 Å². The van der Waals surface area contributed by atoms with Gasteiger partial charge < -0.3 is 14.0 Å². The molecule has 1 fully saturated rings. The first kappa shape index (κ1) is 21.3. The molecule has 1 amide bonds. The number of amides is 1. The number of carbonyl (C=O) groups excluding carboxylic acids is 1. The topological polar surface area (TPSA) is 73.0 Å². The van der Waals surface area contributed by atoms with Gasteiger partial charge in [0.25, 0.3) is 5.91 Å². The molecule has 7 heteroatoms. The molecule has 0 N–H and O–H groups in total. The highest BCUT2D eigenvalue weighted by Gasteiger charge is 2.27. The van der Waals surface area contributed by atoms with Gasteiger partial charge >= 0.3 is 0 Å². The molecule has 1 aliphatic rings. The van der Waals surface area contributed by atoms with E-state index in [9.17, 15) is 9.59 Å². The summed E-state index contributed by atoms with van der Waals surface area (Å²) < 4.78 is 4.14. The lowest BCUT2D eigenvalue weighted by atomic mass is 9.96. The highest BCUT2D eigenvalue weighted by molar-refractivity contribution is 5.97. The van der Waals surface area contributed by atoms with E-state index in [0.717, 1.165) is 30.9 Å². The number of nitrogens with zero attached hydrogens (tertiary/aromatic N) is 5. The van der Waals surface area contributed by atoms with Crippen LogP contribution in [-0.4, -0.2) is 43.0 Å². The third-order valence-electron chi connectivity index (χ3n) is 6.25. The van der Waals surface area contributed by atoms with Crippen molar-refractivity contribution in [2.75, 3.05) is 13.1 Å². The SMILES string of the molecule is CCn1cc(C(=O)N2CCC(Cn3ccnc3C(C)C)CC2)c(=O)c2ccc(C)nc21. The van der Waals surface area contributed by atoms with Gasteiger partial charge in [-0.3, -0.25) is 9.59 Å². The van der Waals surface area contributed by atoms with E-state index in [1.165, 1.54) is 0 Å². The molecule has 0 unspecified atom stereocenters. The van der Waals surface area contributed by atoms with Crippen molar-refractivity contribution in [3.8, 4) is 0 Å². The fourth-order valence-corrected chi connectivity index (χ4v) is 4.50. The van der Waals surface area contributed by atoms with Crippen LogP contribution in [0.15, 0.2) is 35.5 Å². The monoisotopic (exact) mass is 421 g/mol. The van der Waals surface area contributed by atoms with Crippen LogP contribution in [0.2, 0.25) is 0 Å². The van der Waals surface area contributed by atoms with Gasteiger partial charge in [-0.1, -0.05) is 13.8 Å². The Morgan fingerprint density at radius 3 is 2.61 bits per heavy atom. The number of pyridine rings is 2. The molecule has 1 saturated heterocycles. The standard InChI is InChI=1S/C24H31N5O2/c1-5-27-15-20(21(30)19-7-6-17(4)26-23(19)27)24(31)28-11-8-18(9-12-28)14-29-13-10-25-22(29)16(2)3/h6-7,10,13,15-16,18H,5,8-9,11-12,14H2,1-4H3. The molecule has 0 atom stereocenters. The zero-order valence-corrected chi connectivity index (χ0v) is 18.8. The van der Waals surface area contributed by atoms with Crippen LogP contribution in [0.5, 0.6) is 0 Å². The van der Waals surface area contributed by atoms with Crippen LogP contribution in [-0.2, 0) is 13.1 Å². The average molecular weight is 422 g/mol. The number of piperidine rings is 1. The molecule has 0 saturated carbocycles. The minimum Gasteiger partial charge on any atom is -0.338 e. The second-order valence-electron chi connectivity index (χ2n) is 8.81. The van der Waals surface area contributed by atoms with Crippen molar-refractivity contribution in [2.45, 2.75) is 59.5 Å². The fourth-order valence-electron chi connectivity index (χ4n) is 4.50. The molecular formula is C24H31N5O2. The fraction of sp³-hybridized carbons (Fsp3) is 0.500. The Bertz CT molecular complexity index is 1150. The van der Waals surface area contributed by atoms with Crippen LogP contribution in [0.25, 0.3) is 11.0 Å². The van der Waals surface area contributed by atoms with Gasteiger partial charge in [-0.25, -0.2) is 9.97 Å². The largest absolute Gasteiger partial charge is 0.338 e. The Hall–Kier alpha value is -2.96. The molecule has 3 aromatic rings. The zero-order valence-electron chi connectivity index (χ0n) is 18.8. The summed E-state index contributed by atoms with van der Waals surface area (Å²) in [5.74, 6) is 1.84. The van der Waals surface area contributed by atoms with E-state index >= 15 is 0 Å². The summed E-state index contributed by atoms with van der Waals surface area (Å²) in [6.07, 6.45) is 7.45. The predicted molar refractivity (Wildman–Crippen MR) is 121 cm³/mol. The molecule has 1 aliphatic heterocycles. The van der Waals surface area contributed by atoms with Gasteiger partial charge in [-0.15, -0.1) is 0 Å². The number of hydrogen-bond donors (Lipinski definition) is 0. The smallest absolute Gasteiger partial charge is 0.259 e. The summed E-state index contributed by atoms with van der Waals surface area (Å²) in [6.45, 7) is 11.1. The van der Waals surface area contributed by atoms with E-state index in [0.29, 0.717) is 42.5 Å². The van der Waals surface area contributed by atoms with Crippen LogP contribution in [0.3, 0.4) is 0 Å². The van der Waals surface area contributed by atoms with Crippen molar-refractivity contribution >= 4 is 16.9 Å². The number of rotatable bonds is 5. The lowest BCUT2D eigenvalue weighted by Gasteiger charge is -2.32.